The fourth-order valence-electron chi connectivity index (χ4n) is 1.41. The van der Waals surface area contributed by atoms with Gasteiger partial charge in [-0.2, -0.15) is 0 Å². The van der Waals surface area contributed by atoms with Crippen LogP contribution in [0, 0.1) is 0 Å². The van der Waals surface area contributed by atoms with E-state index in [0.29, 0.717) is 0 Å². The van der Waals surface area contributed by atoms with Crippen LogP contribution in [-0.4, -0.2) is 31.0 Å². The highest BCUT2D eigenvalue weighted by molar-refractivity contribution is 5.99. The van der Waals surface area contributed by atoms with Crippen LogP contribution in [0.1, 0.15) is 24.2 Å². The first-order valence-corrected chi connectivity index (χ1v) is 5.62. The van der Waals surface area contributed by atoms with Crippen molar-refractivity contribution >= 4 is 17.8 Å². The summed E-state index contributed by atoms with van der Waals surface area (Å²) in [7, 11) is 1.23. The van der Waals surface area contributed by atoms with Crippen molar-refractivity contribution < 1.29 is 23.9 Å². The largest absolute Gasteiger partial charge is 0.467 e. The van der Waals surface area contributed by atoms with E-state index < -0.39 is 23.9 Å². The van der Waals surface area contributed by atoms with Crippen molar-refractivity contribution in [3.8, 4) is 5.75 Å². The summed E-state index contributed by atoms with van der Waals surface area (Å²) in [4.78, 5) is 34.1. The van der Waals surface area contributed by atoms with Crippen molar-refractivity contribution in [2.75, 3.05) is 7.11 Å². The predicted molar refractivity (Wildman–Crippen MR) is 66.7 cm³/mol. The molecule has 0 saturated carbocycles. The minimum Gasteiger partial charge on any atom is -0.467 e. The molecular formula is C13H15NO5. The molecule has 0 aliphatic heterocycles. The highest BCUT2D eigenvalue weighted by Gasteiger charge is 2.19. The molecule has 19 heavy (non-hydrogen) atoms. The Balaban J connectivity index is 2.87. The molecule has 0 spiro atoms. The lowest BCUT2D eigenvalue weighted by molar-refractivity contribution is -0.142. The number of esters is 2. The first-order chi connectivity index (χ1) is 8.95. The predicted octanol–water partition coefficient (Wildman–Crippen LogP) is 0.903. The maximum absolute atomic E-state index is 12.0. The number of hydrogen-bond donors (Lipinski definition) is 1. The third kappa shape index (κ3) is 4.09. The maximum atomic E-state index is 12.0. The summed E-state index contributed by atoms with van der Waals surface area (Å²) in [6.45, 7) is 2.74. The van der Waals surface area contributed by atoms with Crippen LogP contribution >= 0.6 is 0 Å². The van der Waals surface area contributed by atoms with Crippen LogP contribution in [0.3, 0.4) is 0 Å². The van der Waals surface area contributed by atoms with Crippen LogP contribution in [0.15, 0.2) is 24.3 Å². The molecule has 0 fully saturated rings. The van der Waals surface area contributed by atoms with E-state index in [4.69, 9.17) is 4.74 Å². The Labute approximate surface area is 110 Å². The number of nitrogens with one attached hydrogen (secondary N) is 1. The quantitative estimate of drug-likeness (QED) is 0.646. The van der Waals surface area contributed by atoms with Gasteiger partial charge < -0.3 is 14.8 Å². The molecule has 102 valence electrons. The maximum Gasteiger partial charge on any atom is 0.328 e. The lowest BCUT2D eigenvalue weighted by Gasteiger charge is -2.13. The van der Waals surface area contributed by atoms with E-state index in [1.807, 2.05) is 0 Å². The van der Waals surface area contributed by atoms with E-state index in [2.05, 4.69) is 10.1 Å². The lowest BCUT2D eigenvalue weighted by atomic mass is 10.1. The van der Waals surface area contributed by atoms with Crippen LogP contribution in [0.2, 0.25) is 0 Å². The second-order valence-corrected chi connectivity index (χ2v) is 3.81. The van der Waals surface area contributed by atoms with Gasteiger partial charge in [-0.05, 0) is 19.1 Å². The van der Waals surface area contributed by atoms with Gasteiger partial charge in [0.25, 0.3) is 5.91 Å². The Hall–Kier alpha value is -2.37. The van der Waals surface area contributed by atoms with Gasteiger partial charge in [-0.25, -0.2) is 4.79 Å². The van der Waals surface area contributed by atoms with E-state index in [9.17, 15) is 14.4 Å². The van der Waals surface area contributed by atoms with E-state index in [1.165, 1.54) is 33.1 Å². The molecule has 1 unspecified atom stereocenters. The van der Waals surface area contributed by atoms with Crippen LogP contribution in [0.25, 0.3) is 0 Å². The number of hydrogen-bond acceptors (Lipinski definition) is 5. The molecule has 0 bridgehead atoms. The number of methoxy groups -OCH3 is 1. The Bertz CT molecular complexity index is 498. The zero-order chi connectivity index (χ0) is 14.4. The third-order valence-corrected chi connectivity index (χ3v) is 2.29. The van der Waals surface area contributed by atoms with Crippen molar-refractivity contribution in [1.29, 1.82) is 0 Å². The van der Waals surface area contributed by atoms with Crippen LogP contribution in [0.4, 0.5) is 0 Å². The molecule has 1 amide bonds. The van der Waals surface area contributed by atoms with Gasteiger partial charge in [0.05, 0.1) is 12.7 Å². The Morgan fingerprint density at radius 3 is 2.42 bits per heavy atom. The second kappa shape index (κ2) is 6.53. The van der Waals surface area contributed by atoms with E-state index in [1.54, 1.807) is 12.1 Å². The van der Waals surface area contributed by atoms with Gasteiger partial charge in [-0.1, -0.05) is 12.1 Å². The minimum absolute atomic E-state index is 0.143. The molecule has 1 rings (SSSR count). The van der Waals surface area contributed by atoms with Crippen molar-refractivity contribution in [3.63, 3.8) is 0 Å². The van der Waals surface area contributed by atoms with E-state index in [0.717, 1.165) is 0 Å². The van der Waals surface area contributed by atoms with Crippen LogP contribution in [-0.2, 0) is 14.3 Å². The van der Waals surface area contributed by atoms with Crippen molar-refractivity contribution in [2.45, 2.75) is 19.9 Å². The number of ether oxygens (including phenoxy) is 2. The number of carbonyl (C=O) groups excluding carboxylic acids is 3. The fraction of sp³-hybridized carbons (Fsp3) is 0.308. The summed E-state index contributed by atoms with van der Waals surface area (Å²) >= 11 is 0. The molecular weight excluding hydrogens is 250 g/mol. The standard InChI is InChI=1S/C13H15NO5/c1-8(13(17)18-3)14-12(16)10-6-4-5-7-11(10)19-9(2)15/h4-8H,1-3H3,(H,14,16). The van der Waals surface area contributed by atoms with Gasteiger partial charge >= 0.3 is 11.9 Å². The topological polar surface area (TPSA) is 81.7 Å². The minimum atomic E-state index is -0.789. The van der Waals surface area contributed by atoms with Gasteiger partial charge in [0.2, 0.25) is 0 Å². The first kappa shape index (κ1) is 14.7. The molecule has 6 nitrogen and oxygen atoms in total. The van der Waals surface area contributed by atoms with Gasteiger partial charge in [0.1, 0.15) is 11.8 Å². The monoisotopic (exact) mass is 265 g/mol. The normalized spacial score (nSPS) is 11.3. The zero-order valence-electron chi connectivity index (χ0n) is 10.9. The number of rotatable bonds is 4. The summed E-state index contributed by atoms with van der Waals surface area (Å²) < 4.78 is 9.42. The third-order valence-electron chi connectivity index (χ3n) is 2.29. The summed E-state index contributed by atoms with van der Waals surface area (Å²) in [5.74, 6) is -1.46. The molecule has 1 aromatic carbocycles. The summed E-state index contributed by atoms with van der Waals surface area (Å²) in [5.41, 5.74) is 0.174. The lowest BCUT2D eigenvalue weighted by Crippen LogP contribution is -2.39. The Morgan fingerprint density at radius 2 is 1.84 bits per heavy atom. The SMILES string of the molecule is COC(=O)C(C)NC(=O)c1ccccc1OC(C)=O. The molecule has 1 aromatic rings. The van der Waals surface area contributed by atoms with Crippen molar-refractivity contribution in [1.82, 2.24) is 5.32 Å². The van der Waals surface area contributed by atoms with Crippen LogP contribution < -0.4 is 10.1 Å². The number of para-hydroxylation sites is 1. The molecule has 6 heteroatoms. The van der Waals surface area contributed by atoms with Crippen molar-refractivity contribution in [2.24, 2.45) is 0 Å². The highest BCUT2D eigenvalue weighted by Crippen LogP contribution is 2.18. The molecule has 0 aliphatic carbocycles. The molecule has 1 atom stereocenters. The smallest absolute Gasteiger partial charge is 0.328 e. The number of amides is 1. The Morgan fingerprint density at radius 1 is 1.21 bits per heavy atom. The average molecular weight is 265 g/mol. The summed E-state index contributed by atoms with van der Waals surface area (Å²) in [6, 6.07) is 5.48. The first-order valence-electron chi connectivity index (χ1n) is 5.62. The molecule has 0 radical (unpaired) electrons. The van der Waals surface area contributed by atoms with Gasteiger partial charge in [-0.15, -0.1) is 0 Å². The van der Waals surface area contributed by atoms with Crippen molar-refractivity contribution in [3.05, 3.63) is 29.8 Å². The highest BCUT2D eigenvalue weighted by atomic mass is 16.5. The number of benzene rings is 1. The molecule has 0 heterocycles. The van der Waals surface area contributed by atoms with E-state index in [-0.39, 0.29) is 11.3 Å². The van der Waals surface area contributed by atoms with Gasteiger partial charge in [-0.3, -0.25) is 9.59 Å². The Kier molecular flexibility index (Phi) is 5.05. The fourth-order valence-corrected chi connectivity index (χ4v) is 1.41. The summed E-state index contributed by atoms with van der Waals surface area (Å²) in [6.07, 6.45) is 0. The van der Waals surface area contributed by atoms with Crippen LogP contribution in [0.5, 0.6) is 5.75 Å². The van der Waals surface area contributed by atoms with E-state index >= 15 is 0 Å². The summed E-state index contributed by atoms with van der Waals surface area (Å²) in [5, 5.41) is 2.46. The van der Waals surface area contributed by atoms with Gasteiger partial charge in [0, 0.05) is 6.92 Å². The molecule has 0 aromatic heterocycles. The number of carbonyl (C=O) groups is 3. The molecule has 1 N–H and O–H groups in total. The second-order valence-electron chi connectivity index (χ2n) is 3.81. The zero-order valence-corrected chi connectivity index (χ0v) is 10.9. The molecule has 0 aliphatic rings. The molecule has 0 saturated heterocycles. The van der Waals surface area contributed by atoms with Gasteiger partial charge in [0.15, 0.2) is 0 Å². The average Bonchev–Trinajstić information content (AvgIpc) is 2.37.